The second-order valence-electron chi connectivity index (χ2n) is 8.69. The summed E-state index contributed by atoms with van der Waals surface area (Å²) in [4.78, 5) is 2.29. The van der Waals surface area contributed by atoms with E-state index < -0.39 is 0 Å². The van der Waals surface area contributed by atoms with Gasteiger partial charge in [-0.15, -0.1) is 0 Å². The van der Waals surface area contributed by atoms with Gasteiger partial charge in [0.25, 0.3) is 0 Å². The Hall–Kier alpha value is -4.56. The maximum atomic E-state index is 6.28. The van der Waals surface area contributed by atoms with Crippen LogP contribution in [-0.2, 0) is 0 Å². The van der Waals surface area contributed by atoms with Crippen molar-refractivity contribution in [1.82, 2.24) is 0 Å². The van der Waals surface area contributed by atoms with E-state index in [0.29, 0.717) is 0 Å². The van der Waals surface area contributed by atoms with E-state index in [1.165, 1.54) is 11.1 Å². The zero-order chi connectivity index (χ0) is 23.6. The highest BCUT2D eigenvalue weighted by Gasteiger charge is 2.16. The predicted octanol–water partition coefficient (Wildman–Crippen LogP) is 9.55. The molecule has 6 rings (SSSR count). The van der Waals surface area contributed by atoms with Crippen molar-refractivity contribution in [3.05, 3.63) is 139 Å². The summed E-state index contributed by atoms with van der Waals surface area (Å²) in [6.45, 7) is 2.13. The van der Waals surface area contributed by atoms with Crippen molar-refractivity contribution < 1.29 is 4.42 Å². The van der Waals surface area contributed by atoms with Gasteiger partial charge in [-0.3, -0.25) is 0 Å². The SMILES string of the molecule is Cc1c(-c2cccc(N(c3ccccc3)c3ccc(-c4ccccc4)cc3)c2)oc2ccccc12. The number of benzene rings is 5. The molecule has 0 saturated carbocycles. The summed E-state index contributed by atoms with van der Waals surface area (Å²) in [6, 6.07) is 46.5. The van der Waals surface area contributed by atoms with Crippen molar-refractivity contribution >= 4 is 28.0 Å². The third kappa shape index (κ3) is 4.00. The van der Waals surface area contributed by atoms with E-state index in [-0.39, 0.29) is 0 Å². The number of aryl methyl sites for hydroxylation is 1. The lowest BCUT2D eigenvalue weighted by atomic mass is 10.0. The van der Waals surface area contributed by atoms with Crippen LogP contribution in [0.1, 0.15) is 5.56 Å². The summed E-state index contributed by atoms with van der Waals surface area (Å²) >= 11 is 0. The molecular weight excluding hydrogens is 426 g/mol. The van der Waals surface area contributed by atoms with E-state index in [4.69, 9.17) is 4.42 Å². The smallest absolute Gasteiger partial charge is 0.138 e. The van der Waals surface area contributed by atoms with Gasteiger partial charge in [0.1, 0.15) is 11.3 Å². The largest absolute Gasteiger partial charge is 0.456 e. The van der Waals surface area contributed by atoms with Gasteiger partial charge in [-0.1, -0.05) is 91.0 Å². The van der Waals surface area contributed by atoms with Gasteiger partial charge in [0, 0.05) is 33.6 Å². The molecule has 2 heteroatoms. The molecular formula is C33H25NO. The number of furan rings is 1. The fourth-order valence-electron chi connectivity index (χ4n) is 4.69. The molecule has 0 fully saturated rings. The number of anilines is 3. The van der Waals surface area contributed by atoms with Gasteiger partial charge in [-0.05, 0) is 60.5 Å². The second-order valence-corrected chi connectivity index (χ2v) is 8.69. The van der Waals surface area contributed by atoms with Crippen molar-refractivity contribution in [2.45, 2.75) is 6.92 Å². The molecule has 0 aliphatic carbocycles. The molecule has 0 atom stereocenters. The highest BCUT2D eigenvalue weighted by atomic mass is 16.3. The van der Waals surface area contributed by atoms with E-state index in [1.807, 2.05) is 24.3 Å². The first-order chi connectivity index (χ1) is 17.3. The number of hydrogen-bond donors (Lipinski definition) is 0. The molecule has 1 heterocycles. The average molecular weight is 452 g/mol. The minimum Gasteiger partial charge on any atom is -0.456 e. The predicted molar refractivity (Wildman–Crippen MR) is 147 cm³/mol. The van der Waals surface area contributed by atoms with Gasteiger partial charge in [-0.25, -0.2) is 0 Å². The number of fused-ring (bicyclic) bond motifs is 1. The van der Waals surface area contributed by atoms with E-state index in [2.05, 4.69) is 121 Å². The molecule has 168 valence electrons. The number of nitrogens with zero attached hydrogens (tertiary/aromatic N) is 1. The molecule has 0 bridgehead atoms. The first-order valence-corrected chi connectivity index (χ1v) is 11.9. The summed E-state index contributed by atoms with van der Waals surface area (Å²) in [5.41, 5.74) is 8.87. The summed E-state index contributed by atoms with van der Waals surface area (Å²) in [5, 5.41) is 1.16. The summed E-state index contributed by atoms with van der Waals surface area (Å²) < 4.78 is 6.28. The number of rotatable bonds is 5. The van der Waals surface area contributed by atoms with Crippen molar-refractivity contribution in [2.24, 2.45) is 0 Å². The van der Waals surface area contributed by atoms with Gasteiger partial charge in [-0.2, -0.15) is 0 Å². The quantitative estimate of drug-likeness (QED) is 0.259. The summed E-state index contributed by atoms with van der Waals surface area (Å²) in [7, 11) is 0. The topological polar surface area (TPSA) is 16.4 Å². The molecule has 0 spiro atoms. The first-order valence-electron chi connectivity index (χ1n) is 11.9. The van der Waals surface area contributed by atoms with Crippen LogP contribution in [0.15, 0.2) is 138 Å². The van der Waals surface area contributed by atoms with Crippen LogP contribution in [0.25, 0.3) is 33.4 Å². The zero-order valence-corrected chi connectivity index (χ0v) is 19.6. The molecule has 35 heavy (non-hydrogen) atoms. The van der Waals surface area contributed by atoms with E-state index >= 15 is 0 Å². The van der Waals surface area contributed by atoms with Crippen molar-refractivity contribution in [3.8, 4) is 22.5 Å². The Kier molecular flexibility index (Phi) is 5.40. The second kappa shape index (κ2) is 9.00. The highest BCUT2D eigenvalue weighted by molar-refractivity contribution is 5.89. The van der Waals surface area contributed by atoms with Crippen LogP contribution in [0.2, 0.25) is 0 Å². The Bertz CT molecular complexity index is 1580. The monoisotopic (exact) mass is 451 g/mol. The fourth-order valence-corrected chi connectivity index (χ4v) is 4.69. The minimum atomic E-state index is 0.917. The van der Waals surface area contributed by atoms with Crippen LogP contribution in [0.5, 0.6) is 0 Å². The molecule has 5 aromatic carbocycles. The Labute approximate surface area is 205 Å². The maximum absolute atomic E-state index is 6.28. The third-order valence-electron chi connectivity index (χ3n) is 6.46. The molecule has 0 saturated heterocycles. The summed E-state index contributed by atoms with van der Waals surface area (Å²) in [6.07, 6.45) is 0. The molecule has 0 unspecified atom stereocenters. The number of para-hydroxylation sites is 2. The van der Waals surface area contributed by atoms with E-state index in [9.17, 15) is 0 Å². The van der Waals surface area contributed by atoms with Gasteiger partial charge < -0.3 is 9.32 Å². The van der Waals surface area contributed by atoms with Gasteiger partial charge in [0.15, 0.2) is 0 Å². The lowest BCUT2D eigenvalue weighted by Crippen LogP contribution is -2.09. The lowest BCUT2D eigenvalue weighted by Gasteiger charge is -2.26. The van der Waals surface area contributed by atoms with E-state index in [0.717, 1.165) is 44.9 Å². The molecule has 0 radical (unpaired) electrons. The highest BCUT2D eigenvalue weighted by Crippen LogP contribution is 2.39. The average Bonchev–Trinajstić information content (AvgIpc) is 3.27. The first kappa shape index (κ1) is 21.0. The molecule has 1 aromatic heterocycles. The summed E-state index contributed by atoms with van der Waals surface area (Å²) in [5.74, 6) is 0.917. The van der Waals surface area contributed by atoms with Gasteiger partial charge in [0.2, 0.25) is 0 Å². The van der Waals surface area contributed by atoms with Crippen LogP contribution in [0.3, 0.4) is 0 Å². The van der Waals surface area contributed by atoms with E-state index in [1.54, 1.807) is 0 Å². The van der Waals surface area contributed by atoms with Crippen LogP contribution in [0.4, 0.5) is 17.1 Å². The Morgan fingerprint density at radius 2 is 1.06 bits per heavy atom. The Balaban J connectivity index is 1.45. The molecule has 0 amide bonds. The molecule has 2 nitrogen and oxygen atoms in total. The van der Waals surface area contributed by atoms with Crippen molar-refractivity contribution in [1.29, 1.82) is 0 Å². The third-order valence-corrected chi connectivity index (χ3v) is 6.46. The molecule has 0 aliphatic rings. The minimum absolute atomic E-state index is 0.917. The lowest BCUT2D eigenvalue weighted by molar-refractivity contribution is 0.629. The zero-order valence-electron chi connectivity index (χ0n) is 19.6. The molecule has 0 N–H and O–H groups in total. The number of hydrogen-bond acceptors (Lipinski definition) is 2. The molecule has 0 aliphatic heterocycles. The standard InChI is InChI=1S/C33H25NO/c1-24-31-17-8-9-18-32(31)35-33(24)27-13-10-16-30(23-27)34(28-14-6-3-7-15-28)29-21-19-26(20-22-29)25-11-4-2-5-12-25/h2-23H,1H3. The van der Waals surface area contributed by atoms with Gasteiger partial charge >= 0.3 is 0 Å². The Morgan fingerprint density at radius 3 is 1.80 bits per heavy atom. The van der Waals surface area contributed by atoms with Crippen LogP contribution < -0.4 is 4.90 Å². The van der Waals surface area contributed by atoms with Crippen molar-refractivity contribution in [2.75, 3.05) is 4.90 Å². The van der Waals surface area contributed by atoms with Crippen LogP contribution >= 0.6 is 0 Å². The maximum Gasteiger partial charge on any atom is 0.138 e. The Morgan fingerprint density at radius 1 is 0.486 bits per heavy atom. The van der Waals surface area contributed by atoms with Crippen LogP contribution in [-0.4, -0.2) is 0 Å². The normalized spacial score (nSPS) is 11.0. The van der Waals surface area contributed by atoms with Crippen LogP contribution in [0, 0.1) is 6.92 Å². The van der Waals surface area contributed by atoms with Gasteiger partial charge in [0.05, 0.1) is 0 Å². The van der Waals surface area contributed by atoms with Crippen molar-refractivity contribution in [3.63, 3.8) is 0 Å². The fraction of sp³-hybridized carbons (Fsp3) is 0.0303. The molecule has 6 aromatic rings.